The Morgan fingerprint density at radius 3 is 2.82 bits per heavy atom. The second-order valence-corrected chi connectivity index (χ2v) is 4.38. The maximum absolute atomic E-state index is 12.3. The van der Waals surface area contributed by atoms with Gasteiger partial charge in [0.05, 0.1) is 17.1 Å². The van der Waals surface area contributed by atoms with Crippen LogP contribution in [0.3, 0.4) is 0 Å². The Bertz CT molecular complexity index is 621. The Hall–Kier alpha value is -1.39. The minimum Gasteiger partial charge on any atom is -0.300 e. The average molecular weight is 252 g/mol. The maximum Gasteiger partial charge on any atom is 0.263 e. The van der Waals surface area contributed by atoms with E-state index in [2.05, 4.69) is 10.3 Å². The van der Waals surface area contributed by atoms with E-state index in [0.717, 1.165) is 5.56 Å². The molecular weight excluding hydrogens is 238 g/mol. The van der Waals surface area contributed by atoms with Gasteiger partial charge in [-0.3, -0.25) is 9.36 Å². The normalized spacial score (nSPS) is 12.9. The monoisotopic (exact) mass is 251 g/mol. The molecule has 0 saturated carbocycles. The van der Waals surface area contributed by atoms with Gasteiger partial charge >= 0.3 is 0 Å². The van der Waals surface area contributed by atoms with Crippen molar-refractivity contribution in [3.63, 3.8) is 0 Å². The van der Waals surface area contributed by atoms with Crippen molar-refractivity contribution in [3.8, 4) is 0 Å². The Morgan fingerprint density at radius 1 is 1.47 bits per heavy atom. The van der Waals surface area contributed by atoms with Gasteiger partial charge in [0.1, 0.15) is 0 Å². The van der Waals surface area contributed by atoms with Crippen molar-refractivity contribution in [2.75, 3.05) is 7.05 Å². The predicted molar refractivity (Wildman–Crippen MR) is 69.5 cm³/mol. The number of benzene rings is 1. The molecule has 1 N–H and O–H groups in total. The standard InChI is InChI=1S/C12H14ClN3O/c1-7-4-5-9-10(6-7)15-12(13)16(11(9)17)8(2)14-3/h4-6,8,14H,1-3H3. The molecule has 0 aliphatic rings. The number of nitrogens with one attached hydrogen (secondary N) is 1. The predicted octanol–water partition coefficient (Wildman–Crippen LogP) is 2.10. The third-order valence-electron chi connectivity index (χ3n) is 2.82. The lowest BCUT2D eigenvalue weighted by molar-refractivity contribution is 0.461. The maximum atomic E-state index is 12.3. The largest absolute Gasteiger partial charge is 0.300 e. The number of rotatable bonds is 2. The molecule has 0 saturated heterocycles. The van der Waals surface area contributed by atoms with Gasteiger partial charge in [-0.1, -0.05) is 6.07 Å². The Morgan fingerprint density at radius 2 is 2.18 bits per heavy atom. The molecule has 2 aromatic rings. The van der Waals surface area contributed by atoms with E-state index in [4.69, 9.17) is 11.6 Å². The highest BCUT2D eigenvalue weighted by molar-refractivity contribution is 6.28. The smallest absolute Gasteiger partial charge is 0.263 e. The molecule has 1 unspecified atom stereocenters. The van der Waals surface area contributed by atoms with Crippen LogP contribution in [0.5, 0.6) is 0 Å². The second kappa shape index (κ2) is 4.47. The highest BCUT2D eigenvalue weighted by Crippen LogP contribution is 2.15. The molecular formula is C12H14ClN3O. The summed E-state index contributed by atoms with van der Waals surface area (Å²) in [5.74, 6) is 0. The van der Waals surface area contributed by atoms with Crippen molar-refractivity contribution in [1.29, 1.82) is 0 Å². The van der Waals surface area contributed by atoms with E-state index in [1.54, 1.807) is 13.1 Å². The van der Waals surface area contributed by atoms with E-state index in [0.29, 0.717) is 10.9 Å². The highest BCUT2D eigenvalue weighted by atomic mass is 35.5. The molecule has 0 spiro atoms. The third-order valence-corrected chi connectivity index (χ3v) is 3.09. The Labute approximate surface area is 104 Å². The van der Waals surface area contributed by atoms with Crippen LogP contribution in [0.15, 0.2) is 23.0 Å². The molecule has 0 fully saturated rings. The van der Waals surface area contributed by atoms with Crippen molar-refractivity contribution < 1.29 is 0 Å². The first kappa shape index (κ1) is 12.1. The summed E-state index contributed by atoms with van der Waals surface area (Å²) in [5.41, 5.74) is 1.57. The fraction of sp³-hybridized carbons (Fsp3) is 0.333. The zero-order valence-electron chi connectivity index (χ0n) is 9.99. The molecule has 2 rings (SSSR count). The third kappa shape index (κ3) is 2.06. The van der Waals surface area contributed by atoms with Crippen molar-refractivity contribution in [1.82, 2.24) is 14.9 Å². The van der Waals surface area contributed by atoms with Gasteiger partial charge in [-0.2, -0.15) is 0 Å². The fourth-order valence-electron chi connectivity index (χ4n) is 1.75. The summed E-state index contributed by atoms with van der Waals surface area (Å²) in [4.78, 5) is 16.5. The first-order chi connectivity index (χ1) is 8.04. The van der Waals surface area contributed by atoms with Gasteiger partial charge in [0.2, 0.25) is 5.28 Å². The summed E-state index contributed by atoms with van der Waals surface area (Å²) in [7, 11) is 1.77. The zero-order chi connectivity index (χ0) is 12.6. The summed E-state index contributed by atoms with van der Waals surface area (Å²) in [6, 6.07) is 5.54. The molecule has 17 heavy (non-hydrogen) atoms. The quantitative estimate of drug-likeness (QED) is 0.832. The zero-order valence-corrected chi connectivity index (χ0v) is 10.7. The first-order valence-corrected chi connectivity index (χ1v) is 5.78. The first-order valence-electron chi connectivity index (χ1n) is 5.40. The number of fused-ring (bicyclic) bond motifs is 1. The Kier molecular flexibility index (Phi) is 3.17. The Balaban J connectivity index is 2.81. The summed E-state index contributed by atoms with van der Waals surface area (Å²) >= 11 is 6.05. The number of hydrogen-bond acceptors (Lipinski definition) is 3. The molecule has 1 aromatic heterocycles. The van der Waals surface area contributed by atoms with Crippen LogP contribution in [-0.2, 0) is 0 Å². The molecule has 4 nitrogen and oxygen atoms in total. The summed E-state index contributed by atoms with van der Waals surface area (Å²) in [6.45, 7) is 3.81. The topological polar surface area (TPSA) is 46.9 Å². The molecule has 0 amide bonds. The van der Waals surface area contributed by atoms with Crippen LogP contribution in [0.2, 0.25) is 5.28 Å². The number of hydrogen-bond donors (Lipinski definition) is 1. The highest BCUT2D eigenvalue weighted by Gasteiger charge is 2.13. The van der Waals surface area contributed by atoms with Gasteiger partial charge in [-0.15, -0.1) is 0 Å². The summed E-state index contributed by atoms with van der Waals surface area (Å²) < 4.78 is 1.44. The van der Waals surface area contributed by atoms with Gasteiger partial charge < -0.3 is 5.32 Å². The van der Waals surface area contributed by atoms with E-state index < -0.39 is 0 Å². The molecule has 1 atom stereocenters. The molecule has 90 valence electrons. The number of aryl methyl sites for hydroxylation is 1. The van der Waals surface area contributed by atoms with Crippen LogP contribution in [0.25, 0.3) is 10.9 Å². The van der Waals surface area contributed by atoms with Gasteiger partial charge in [-0.05, 0) is 50.2 Å². The molecule has 0 aliphatic heterocycles. The fourth-order valence-corrected chi connectivity index (χ4v) is 2.06. The number of nitrogens with zero attached hydrogens (tertiary/aromatic N) is 2. The minimum atomic E-state index is -0.187. The molecule has 0 bridgehead atoms. The SMILES string of the molecule is CNC(C)n1c(Cl)nc2cc(C)ccc2c1=O. The van der Waals surface area contributed by atoms with Gasteiger partial charge in [0.15, 0.2) is 0 Å². The average Bonchev–Trinajstić information content (AvgIpc) is 2.28. The lowest BCUT2D eigenvalue weighted by Gasteiger charge is -2.16. The van der Waals surface area contributed by atoms with Crippen LogP contribution in [-0.4, -0.2) is 16.6 Å². The van der Waals surface area contributed by atoms with Gasteiger partial charge in [0.25, 0.3) is 5.56 Å². The molecule has 1 heterocycles. The van der Waals surface area contributed by atoms with E-state index in [9.17, 15) is 4.79 Å². The lowest BCUT2D eigenvalue weighted by Crippen LogP contribution is -2.31. The van der Waals surface area contributed by atoms with Gasteiger partial charge in [-0.25, -0.2) is 4.98 Å². The van der Waals surface area contributed by atoms with E-state index in [1.165, 1.54) is 4.57 Å². The van der Waals surface area contributed by atoms with E-state index in [1.807, 2.05) is 26.0 Å². The number of aromatic nitrogens is 2. The second-order valence-electron chi connectivity index (χ2n) is 4.04. The summed E-state index contributed by atoms with van der Waals surface area (Å²) in [5, 5.41) is 3.77. The van der Waals surface area contributed by atoms with Crippen LogP contribution >= 0.6 is 11.6 Å². The van der Waals surface area contributed by atoms with Crippen LogP contribution < -0.4 is 10.9 Å². The van der Waals surface area contributed by atoms with Crippen molar-refractivity contribution in [3.05, 3.63) is 39.4 Å². The number of halogens is 1. The van der Waals surface area contributed by atoms with Gasteiger partial charge in [0, 0.05) is 0 Å². The molecule has 1 aromatic carbocycles. The van der Waals surface area contributed by atoms with Crippen LogP contribution in [0, 0.1) is 6.92 Å². The van der Waals surface area contributed by atoms with Crippen molar-refractivity contribution in [2.45, 2.75) is 20.0 Å². The summed E-state index contributed by atoms with van der Waals surface area (Å²) in [6.07, 6.45) is -0.187. The van der Waals surface area contributed by atoms with E-state index >= 15 is 0 Å². The minimum absolute atomic E-state index is 0.123. The molecule has 0 aliphatic carbocycles. The van der Waals surface area contributed by atoms with Crippen molar-refractivity contribution in [2.24, 2.45) is 0 Å². The van der Waals surface area contributed by atoms with Crippen LogP contribution in [0.1, 0.15) is 18.7 Å². The molecule has 5 heteroatoms. The lowest BCUT2D eigenvalue weighted by atomic mass is 10.2. The van der Waals surface area contributed by atoms with Crippen molar-refractivity contribution >= 4 is 22.5 Å². The molecule has 0 radical (unpaired) electrons. The van der Waals surface area contributed by atoms with Crippen LogP contribution in [0.4, 0.5) is 0 Å². The van der Waals surface area contributed by atoms with E-state index in [-0.39, 0.29) is 17.0 Å².